The molecule has 3 aromatic carbocycles. The molecule has 0 aliphatic carbocycles. The van der Waals surface area contributed by atoms with E-state index < -0.39 is 17.9 Å². The number of carbonyl (C=O) groups is 3. The number of aromatic carboxylic acids is 3. The topological polar surface area (TPSA) is 268 Å². The first-order chi connectivity index (χ1) is 15.3. The molecule has 34 heavy (non-hydrogen) atoms. The molecule has 0 amide bonds. The van der Waals surface area contributed by atoms with E-state index in [1.165, 1.54) is 54.6 Å². The van der Waals surface area contributed by atoms with Crippen molar-refractivity contribution in [3.63, 3.8) is 0 Å². The van der Waals surface area contributed by atoms with Crippen LogP contribution in [-0.4, -0.2) is 33.2 Å². The van der Waals surface area contributed by atoms with E-state index in [-0.39, 0.29) is 42.5 Å². The molecule has 0 unspecified atom stereocenters. The summed E-state index contributed by atoms with van der Waals surface area (Å²) in [6, 6.07) is 12.6. The van der Waals surface area contributed by atoms with Crippen LogP contribution >= 0.6 is 0 Å². The fourth-order valence-corrected chi connectivity index (χ4v) is 2.12. The number of rotatable bonds is 3. The van der Waals surface area contributed by atoms with Crippen molar-refractivity contribution in [3.05, 3.63) is 71.3 Å². The van der Waals surface area contributed by atoms with Gasteiger partial charge in [-0.25, -0.2) is 14.4 Å². The molecule has 0 saturated carbocycles. The average Bonchev–Trinajstić information content (AvgIpc) is 2.74. The number of carboxylic acids is 3. The SMILES string of the molecule is Nc1ccc(C(=O)O)cc1N.Nc1ccc(C(=O)O)cc1N.Nc1ccc(C(=O)O)cc1N.[Sc]. The molecule has 0 saturated heterocycles. The molecule has 1 radical (unpaired) electrons. The van der Waals surface area contributed by atoms with Gasteiger partial charge in [-0.05, 0) is 54.6 Å². The van der Waals surface area contributed by atoms with Crippen LogP contribution < -0.4 is 34.4 Å². The van der Waals surface area contributed by atoms with Crippen LogP contribution in [0.3, 0.4) is 0 Å². The second-order valence-corrected chi connectivity index (χ2v) is 6.45. The average molecular weight is 501 g/mol. The molecule has 3 rings (SSSR count). The van der Waals surface area contributed by atoms with Crippen molar-refractivity contribution in [1.29, 1.82) is 0 Å². The Morgan fingerprint density at radius 1 is 0.441 bits per heavy atom. The van der Waals surface area contributed by atoms with E-state index in [0.29, 0.717) is 34.1 Å². The maximum atomic E-state index is 10.4. The van der Waals surface area contributed by atoms with Crippen molar-refractivity contribution in [1.82, 2.24) is 0 Å². The van der Waals surface area contributed by atoms with Crippen LogP contribution in [-0.2, 0) is 25.8 Å². The minimum Gasteiger partial charge on any atom is -0.478 e. The van der Waals surface area contributed by atoms with Crippen molar-refractivity contribution >= 4 is 52.0 Å². The van der Waals surface area contributed by atoms with Gasteiger partial charge < -0.3 is 49.7 Å². The summed E-state index contributed by atoms with van der Waals surface area (Å²) in [5.74, 6) is -3.01. The quantitative estimate of drug-likeness (QED) is 0.232. The van der Waals surface area contributed by atoms with Crippen LogP contribution in [0.15, 0.2) is 54.6 Å². The largest absolute Gasteiger partial charge is 0.478 e. The molecule has 0 heterocycles. The van der Waals surface area contributed by atoms with Crippen LogP contribution in [0.4, 0.5) is 34.1 Å². The van der Waals surface area contributed by atoms with Gasteiger partial charge in [0.25, 0.3) is 0 Å². The van der Waals surface area contributed by atoms with Crippen molar-refractivity contribution in [3.8, 4) is 0 Å². The molecular weight excluding hydrogens is 477 g/mol. The monoisotopic (exact) mass is 501 g/mol. The molecule has 12 nitrogen and oxygen atoms in total. The van der Waals surface area contributed by atoms with Crippen molar-refractivity contribution in [2.24, 2.45) is 0 Å². The first kappa shape index (κ1) is 29.7. The standard InChI is InChI=1S/3C7H8N2O2.Sc/c3*8-5-2-1-4(7(10)11)3-6(5)9;/h3*1-3H,8-9H2,(H,10,11);. The number of hydrogen-bond donors (Lipinski definition) is 9. The molecule has 0 aromatic heterocycles. The van der Waals surface area contributed by atoms with E-state index in [9.17, 15) is 14.4 Å². The predicted molar refractivity (Wildman–Crippen MR) is 127 cm³/mol. The van der Waals surface area contributed by atoms with Gasteiger partial charge in [-0.3, -0.25) is 0 Å². The van der Waals surface area contributed by atoms with Crippen LogP contribution in [0.1, 0.15) is 31.1 Å². The Morgan fingerprint density at radius 3 is 0.794 bits per heavy atom. The minimum atomic E-state index is -1.00. The van der Waals surface area contributed by atoms with E-state index in [4.69, 9.17) is 49.7 Å². The Balaban J connectivity index is 0.000000473. The van der Waals surface area contributed by atoms with Gasteiger partial charge in [0.05, 0.1) is 50.8 Å². The maximum Gasteiger partial charge on any atom is 0.335 e. The summed E-state index contributed by atoms with van der Waals surface area (Å²) in [6.07, 6.45) is 0. The smallest absolute Gasteiger partial charge is 0.335 e. The van der Waals surface area contributed by atoms with E-state index in [2.05, 4.69) is 0 Å². The normalized spacial score (nSPS) is 9.18. The number of hydrogen-bond acceptors (Lipinski definition) is 9. The van der Waals surface area contributed by atoms with Gasteiger partial charge in [0, 0.05) is 25.8 Å². The molecular formula is C21H24N6O6Sc. The number of nitrogens with two attached hydrogens (primary N) is 6. The molecule has 0 spiro atoms. The zero-order chi connectivity index (χ0) is 25.3. The fourth-order valence-electron chi connectivity index (χ4n) is 2.12. The summed E-state index contributed by atoms with van der Waals surface area (Å²) in [5.41, 5.74) is 34.8. The molecule has 0 aliphatic rings. The summed E-state index contributed by atoms with van der Waals surface area (Å²) < 4.78 is 0. The van der Waals surface area contributed by atoms with Gasteiger partial charge in [0.15, 0.2) is 0 Å². The van der Waals surface area contributed by atoms with E-state index in [0.717, 1.165) is 0 Å². The Hall–Kier alpha value is -4.26. The van der Waals surface area contributed by atoms with Crippen LogP contribution in [0.25, 0.3) is 0 Å². The summed E-state index contributed by atoms with van der Waals surface area (Å²) in [5, 5.41) is 25.5. The minimum absolute atomic E-state index is 0. The summed E-state index contributed by atoms with van der Waals surface area (Å²) in [7, 11) is 0. The third-order valence-corrected chi connectivity index (χ3v) is 4.00. The number of benzene rings is 3. The van der Waals surface area contributed by atoms with Crippen LogP contribution in [0.5, 0.6) is 0 Å². The predicted octanol–water partition coefficient (Wildman–Crippen LogP) is 1.65. The molecule has 13 heteroatoms. The fraction of sp³-hybridized carbons (Fsp3) is 0. The molecule has 15 N–H and O–H groups in total. The molecule has 0 bridgehead atoms. The zero-order valence-corrected chi connectivity index (χ0v) is 19.6. The van der Waals surface area contributed by atoms with Gasteiger partial charge in [-0.2, -0.15) is 0 Å². The third-order valence-electron chi connectivity index (χ3n) is 4.00. The van der Waals surface area contributed by atoms with Gasteiger partial charge in [-0.15, -0.1) is 0 Å². The molecule has 0 atom stereocenters. The summed E-state index contributed by atoms with van der Waals surface area (Å²) in [4.78, 5) is 31.1. The number of carboxylic acid groups (broad SMARTS) is 3. The van der Waals surface area contributed by atoms with E-state index in [1.807, 2.05) is 0 Å². The van der Waals surface area contributed by atoms with Crippen molar-refractivity contribution in [2.75, 3.05) is 34.4 Å². The van der Waals surface area contributed by atoms with Crippen molar-refractivity contribution < 1.29 is 55.5 Å². The zero-order valence-electron chi connectivity index (χ0n) is 17.8. The second-order valence-electron chi connectivity index (χ2n) is 6.45. The van der Waals surface area contributed by atoms with Gasteiger partial charge in [0.2, 0.25) is 0 Å². The van der Waals surface area contributed by atoms with Crippen LogP contribution in [0.2, 0.25) is 0 Å². The molecule has 0 fully saturated rings. The Morgan fingerprint density at radius 2 is 0.647 bits per heavy atom. The van der Waals surface area contributed by atoms with E-state index in [1.54, 1.807) is 0 Å². The Kier molecular flexibility index (Phi) is 11.7. The molecule has 0 aliphatic heterocycles. The third kappa shape index (κ3) is 9.08. The van der Waals surface area contributed by atoms with E-state index >= 15 is 0 Å². The molecule has 177 valence electrons. The second kappa shape index (κ2) is 13.3. The number of anilines is 6. The summed E-state index contributed by atoms with van der Waals surface area (Å²) >= 11 is 0. The molecule has 3 aromatic rings. The Labute approximate surface area is 212 Å². The van der Waals surface area contributed by atoms with Crippen LogP contribution in [0, 0.1) is 0 Å². The summed E-state index contributed by atoms with van der Waals surface area (Å²) in [6.45, 7) is 0. The van der Waals surface area contributed by atoms with Gasteiger partial charge in [-0.1, -0.05) is 0 Å². The Bertz CT molecular complexity index is 1040. The maximum absolute atomic E-state index is 10.4. The first-order valence-corrected chi connectivity index (χ1v) is 8.98. The van der Waals surface area contributed by atoms with Gasteiger partial charge in [0.1, 0.15) is 0 Å². The van der Waals surface area contributed by atoms with Crippen molar-refractivity contribution in [2.45, 2.75) is 0 Å². The number of nitrogen functional groups attached to an aromatic ring is 6. The first-order valence-electron chi connectivity index (χ1n) is 8.98. The van der Waals surface area contributed by atoms with Gasteiger partial charge >= 0.3 is 17.9 Å².